The molecule has 4 N–H and O–H groups in total. The van der Waals surface area contributed by atoms with Gasteiger partial charge in [-0.25, -0.2) is 4.68 Å². The number of benzene rings is 1. The number of pyridine rings is 1. The Morgan fingerprint density at radius 2 is 1.93 bits per heavy atom. The zero-order valence-corrected chi connectivity index (χ0v) is 16.5. The molecule has 0 aliphatic rings. The zero-order valence-electron chi connectivity index (χ0n) is 16.5. The Morgan fingerprint density at radius 1 is 1.23 bits per heavy atom. The number of anilines is 1. The van der Waals surface area contributed by atoms with Gasteiger partial charge in [-0.15, -0.1) is 0 Å². The second-order valence-electron chi connectivity index (χ2n) is 6.77. The maximum Gasteiger partial charge on any atom is 0.269 e. The molecule has 0 aliphatic heterocycles. The molecule has 9 heteroatoms. The monoisotopic (exact) mass is 404 g/mol. The number of rotatable bonds is 6. The average Bonchev–Trinajstić information content (AvgIpc) is 3.19. The molecule has 0 saturated carbocycles. The normalized spacial score (nSPS) is 10.4. The molecule has 3 aromatic rings. The van der Waals surface area contributed by atoms with Gasteiger partial charge in [0.05, 0.1) is 5.69 Å². The van der Waals surface area contributed by atoms with Crippen molar-refractivity contribution in [1.29, 1.82) is 5.26 Å². The molecule has 0 fully saturated rings. The summed E-state index contributed by atoms with van der Waals surface area (Å²) in [7, 11) is 0. The molecule has 2 heterocycles. The van der Waals surface area contributed by atoms with E-state index in [-0.39, 0.29) is 23.6 Å². The van der Waals surface area contributed by atoms with E-state index in [1.807, 2.05) is 6.07 Å². The van der Waals surface area contributed by atoms with Gasteiger partial charge >= 0.3 is 0 Å². The van der Waals surface area contributed by atoms with Crippen LogP contribution in [-0.4, -0.2) is 26.6 Å². The Bertz CT molecular complexity index is 1220. The highest BCUT2D eigenvalue weighted by atomic mass is 16.2. The van der Waals surface area contributed by atoms with Gasteiger partial charge in [0, 0.05) is 24.0 Å². The van der Waals surface area contributed by atoms with Gasteiger partial charge in [-0.3, -0.25) is 14.4 Å². The number of aromatic amines is 1. The van der Waals surface area contributed by atoms with Crippen LogP contribution in [0.2, 0.25) is 0 Å². The number of aromatic nitrogens is 3. The van der Waals surface area contributed by atoms with E-state index >= 15 is 0 Å². The Kier molecular flexibility index (Phi) is 5.78. The molecule has 30 heavy (non-hydrogen) atoms. The molecule has 0 radical (unpaired) electrons. The molecule has 0 atom stereocenters. The summed E-state index contributed by atoms with van der Waals surface area (Å²) in [6.45, 7) is 3.46. The quantitative estimate of drug-likeness (QED) is 0.572. The van der Waals surface area contributed by atoms with E-state index in [9.17, 15) is 14.4 Å². The van der Waals surface area contributed by atoms with Gasteiger partial charge in [0.15, 0.2) is 0 Å². The third-order valence-corrected chi connectivity index (χ3v) is 4.78. The number of carbonyl (C=O) groups is 2. The van der Waals surface area contributed by atoms with Crippen molar-refractivity contribution < 1.29 is 9.59 Å². The van der Waals surface area contributed by atoms with Crippen molar-refractivity contribution in [2.24, 2.45) is 5.73 Å². The predicted molar refractivity (Wildman–Crippen MR) is 110 cm³/mol. The third kappa shape index (κ3) is 4.28. The van der Waals surface area contributed by atoms with Gasteiger partial charge in [0.2, 0.25) is 5.91 Å². The highest BCUT2D eigenvalue weighted by Crippen LogP contribution is 2.17. The fraction of sp³-hybridized carbons (Fsp3) is 0.190. The first-order valence-corrected chi connectivity index (χ1v) is 9.18. The number of primary amides is 1. The van der Waals surface area contributed by atoms with Crippen LogP contribution in [-0.2, 0) is 11.2 Å². The minimum absolute atomic E-state index is 0.0738. The zero-order chi connectivity index (χ0) is 21.8. The smallest absolute Gasteiger partial charge is 0.269 e. The van der Waals surface area contributed by atoms with Crippen molar-refractivity contribution in [3.05, 3.63) is 75.0 Å². The number of nitrogens with two attached hydrogens (primary N) is 1. The fourth-order valence-electron chi connectivity index (χ4n) is 3.18. The molecule has 152 valence electrons. The number of carbonyl (C=O) groups excluding carboxylic acids is 2. The lowest BCUT2D eigenvalue weighted by atomic mass is 9.99. The van der Waals surface area contributed by atoms with E-state index in [0.717, 1.165) is 5.56 Å². The molecular weight excluding hydrogens is 384 g/mol. The number of nitrogens with one attached hydrogen (secondary N) is 2. The Morgan fingerprint density at radius 3 is 2.53 bits per heavy atom. The largest absolute Gasteiger partial charge is 0.364 e. The average molecular weight is 404 g/mol. The van der Waals surface area contributed by atoms with Crippen molar-refractivity contribution in [2.45, 2.75) is 26.7 Å². The van der Waals surface area contributed by atoms with Crippen molar-refractivity contribution in [2.75, 3.05) is 5.32 Å². The topological polar surface area (TPSA) is 147 Å². The summed E-state index contributed by atoms with van der Waals surface area (Å²) in [6, 6.07) is 10.4. The summed E-state index contributed by atoms with van der Waals surface area (Å²) >= 11 is 0. The summed E-state index contributed by atoms with van der Waals surface area (Å²) in [4.78, 5) is 37.9. The fourth-order valence-corrected chi connectivity index (χ4v) is 3.18. The Labute approximate surface area is 172 Å². The lowest BCUT2D eigenvalue weighted by Gasteiger charge is -2.11. The maximum absolute atomic E-state index is 12.3. The van der Waals surface area contributed by atoms with E-state index in [1.165, 1.54) is 10.7 Å². The first-order valence-electron chi connectivity index (χ1n) is 9.18. The molecule has 1 aromatic carbocycles. The SMILES string of the molecule is Cc1[nH]c(=O)c(C#N)c(C)c1CCC(=O)Nc1ccc(-n2ccc(C(N)=O)n2)cc1. The summed E-state index contributed by atoms with van der Waals surface area (Å²) in [5.74, 6) is -0.797. The number of amides is 2. The number of aryl methyl sites for hydroxylation is 1. The van der Waals surface area contributed by atoms with Gasteiger partial charge in [-0.1, -0.05) is 0 Å². The summed E-state index contributed by atoms with van der Waals surface area (Å²) in [5, 5.41) is 16.0. The van der Waals surface area contributed by atoms with Crippen LogP contribution in [0.3, 0.4) is 0 Å². The van der Waals surface area contributed by atoms with Crippen molar-refractivity contribution in [3.63, 3.8) is 0 Å². The van der Waals surface area contributed by atoms with Crippen LogP contribution in [0.4, 0.5) is 5.69 Å². The number of H-pyrrole nitrogens is 1. The van der Waals surface area contributed by atoms with E-state index in [1.54, 1.807) is 44.3 Å². The van der Waals surface area contributed by atoms with Crippen molar-refractivity contribution in [3.8, 4) is 11.8 Å². The molecule has 2 amide bonds. The van der Waals surface area contributed by atoms with E-state index < -0.39 is 11.5 Å². The van der Waals surface area contributed by atoms with Crippen molar-refractivity contribution >= 4 is 17.5 Å². The van der Waals surface area contributed by atoms with E-state index in [2.05, 4.69) is 15.4 Å². The van der Waals surface area contributed by atoms with Crippen LogP contribution in [0.25, 0.3) is 5.69 Å². The van der Waals surface area contributed by atoms with Crippen LogP contribution in [0, 0.1) is 25.2 Å². The number of nitrogens with zero attached hydrogens (tertiary/aromatic N) is 3. The minimum atomic E-state index is -0.604. The third-order valence-electron chi connectivity index (χ3n) is 4.78. The molecule has 0 spiro atoms. The molecule has 9 nitrogen and oxygen atoms in total. The summed E-state index contributed by atoms with van der Waals surface area (Å²) in [5.41, 5.74) is 8.40. The van der Waals surface area contributed by atoms with Gasteiger partial charge in [-0.05, 0) is 61.7 Å². The highest BCUT2D eigenvalue weighted by Gasteiger charge is 2.13. The Hall–Kier alpha value is -4.19. The lowest BCUT2D eigenvalue weighted by molar-refractivity contribution is -0.116. The van der Waals surface area contributed by atoms with Gasteiger partial charge < -0.3 is 16.0 Å². The molecule has 2 aromatic heterocycles. The van der Waals surface area contributed by atoms with E-state index in [4.69, 9.17) is 11.0 Å². The molecule has 0 aliphatic carbocycles. The summed E-state index contributed by atoms with van der Waals surface area (Å²) in [6.07, 6.45) is 2.22. The molecular formula is C21H20N6O3. The van der Waals surface area contributed by atoms with Crippen LogP contribution < -0.4 is 16.6 Å². The number of hydrogen-bond donors (Lipinski definition) is 3. The van der Waals surface area contributed by atoms with Gasteiger partial charge in [-0.2, -0.15) is 10.4 Å². The molecule has 0 unspecified atom stereocenters. The standard InChI is InChI=1S/C21H20N6O3/c1-12-16(13(2)24-21(30)17(12)11-22)7-8-19(28)25-14-3-5-15(6-4-14)27-10-9-18(26-27)20(23)29/h3-6,9-10H,7-8H2,1-2H3,(H2,23,29)(H,24,30)(H,25,28). The predicted octanol–water partition coefficient (Wildman–Crippen LogP) is 1.72. The van der Waals surface area contributed by atoms with E-state index in [0.29, 0.717) is 29.1 Å². The second-order valence-corrected chi connectivity index (χ2v) is 6.77. The van der Waals surface area contributed by atoms with Crippen LogP contribution in [0.15, 0.2) is 41.3 Å². The van der Waals surface area contributed by atoms with Crippen molar-refractivity contribution in [1.82, 2.24) is 14.8 Å². The van der Waals surface area contributed by atoms with Gasteiger partial charge in [0.1, 0.15) is 17.3 Å². The number of hydrogen-bond acceptors (Lipinski definition) is 5. The van der Waals surface area contributed by atoms with Crippen LogP contribution >= 0.6 is 0 Å². The Balaban J connectivity index is 1.65. The first-order chi connectivity index (χ1) is 14.3. The number of nitriles is 1. The lowest BCUT2D eigenvalue weighted by Crippen LogP contribution is -2.18. The summed E-state index contributed by atoms with van der Waals surface area (Å²) < 4.78 is 1.51. The second kappa shape index (κ2) is 8.45. The van der Waals surface area contributed by atoms with Crippen LogP contribution in [0.1, 0.15) is 39.3 Å². The van der Waals surface area contributed by atoms with Gasteiger partial charge in [0.25, 0.3) is 11.5 Å². The molecule has 0 bridgehead atoms. The maximum atomic E-state index is 12.3. The molecule has 3 rings (SSSR count). The first kappa shape index (κ1) is 20.5. The molecule has 0 saturated heterocycles. The highest BCUT2D eigenvalue weighted by molar-refractivity contribution is 5.91. The van der Waals surface area contributed by atoms with Crippen LogP contribution in [0.5, 0.6) is 0 Å². The minimum Gasteiger partial charge on any atom is -0.364 e.